The van der Waals surface area contributed by atoms with Crippen LogP contribution in [0.2, 0.25) is 0 Å². The number of halogens is 1. The Morgan fingerprint density at radius 1 is 1.33 bits per heavy atom. The van der Waals surface area contributed by atoms with E-state index < -0.39 is 11.4 Å². The Kier molecular flexibility index (Phi) is 2.84. The van der Waals surface area contributed by atoms with Crippen molar-refractivity contribution < 1.29 is 9.50 Å². The minimum atomic E-state index is -0.879. The number of hydrogen-bond acceptors (Lipinski definition) is 3. The molecule has 94 valence electrons. The molecule has 0 saturated carbocycles. The van der Waals surface area contributed by atoms with Gasteiger partial charge in [-0.05, 0) is 43.4 Å². The Hall–Kier alpha value is -1.05. The third-order valence-corrected chi connectivity index (χ3v) is 5.52. The van der Waals surface area contributed by atoms with Gasteiger partial charge in [-0.25, -0.2) is 4.39 Å². The van der Waals surface area contributed by atoms with E-state index in [1.165, 1.54) is 12.1 Å². The van der Waals surface area contributed by atoms with Crippen LogP contribution in [0.1, 0.15) is 36.8 Å². The van der Waals surface area contributed by atoms with Crippen molar-refractivity contribution in [3.05, 3.63) is 35.1 Å². The second kappa shape index (κ2) is 4.25. The van der Waals surface area contributed by atoms with Crippen LogP contribution in [0, 0.1) is 17.1 Å². The summed E-state index contributed by atoms with van der Waals surface area (Å²) >= 11 is 1.96. The molecule has 0 spiro atoms. The number of nitrogens with zero attached hydrogens (tertiary/aromatic N) is 1. The van der Waals surface area contributed by atoms with E-state index >= 15 is 0 Å². The highest BCUT2D eigenvalue weighted by Crippen LogP contribution is 2.51. The van der Waals surface area contributed by atoms with E-state index in [-0.39, 0.29) is 5.56 Å². The van der Waals surface area contributed by atoms with E-state index in [0.717, 1.165) is 12.8 Å². The Balaban J connectivity index is 1.97. The molecule has 1 aromatic carbocycles. The third kappa shape index (κ3) is 1.92. The van der Waals surface area contributed by atoms with Gasteiger partial charge in [0.05, 0.1) is 11.2 Å². The molecule has 1 N–H and O–H groups in total. The zero-order valence-corrected chi connectivity index (χ0v) is 10.7. The quantitative estimate of drug-likeness (QED) is 0.847. The van der Waals surface area contributed by atoms with Crippen molar-refractivity contribution in [2.45, 2.75) is 41.8 Å². The maximum Gasteiger partial charge on any atom is 0.140 e. The lowest BCUT2D eigenvalue weighted by molar-refractivity contribution is 0.0195. The van der Waals surface area contributed by atoms with Gasteiger partial charge in [-0.2, -0.15) is 17.0 Å². The van der Waals surface area contributed by atoms with E-state index in [2.05, 4.69) is 0 Å². The highest BCUT2D eigenvalue weighted by atomic mass is 32.2. The second-order valence-electron chi connectivity index (χ2n) is 5.20. The molecule has 2 aliphatic rings. The molecule has 0 aromatic heterocycles. The first kappa shape index (κ1) is 12.0. The molecule has 0 aliphatic carbocycles. The van der Waals surface area contributed by atoms with Crippen LogP contribution < -0.4 is 0 Å². The van der Waals surface area contributed by atoms with Gasteiger partial charge in [0, 0.05) is 10.5 Å². The molecular formula is C14H14FNOS. The molecule has 0 radical (unpaired) electrons. The van der Waals surface area contributed by atoms with Gasteiger partial charge in [0.2, 0.25) is 0 Å². The van der Waals surface area contributed by atoms with Crippen LogP contribution in [0.4, 0.5) is 4.39 Å². The Morgan fingerprint density at radius 3 is 2.61 bits per heavy atom. The Labute approximate surface area is 110 Å². The maximum absolute atomic E-state index is 13.3. The van der Waals surface area contributed by atoms with Crippen LogP contribution in [0.25, 0.3) is 0 Å². The zero-order valence-electron chi connectivity index (χ0n) is 9.90. The lowest BCUT2D eigenvalue weighted by Crippen LogP contribution is -2.34. The molecule has 2 saturated heterocycles. The van der Waals surface area contributed by atoms with Crippen LogP contribution in [-0.2, 0) is 5.60 Å². The summed E-state index contributed by atoms with van der Waals surface area (Å²) in [5, 5.41) is 20.7. The summed E-state index contributed by atoms with van der Waals surface area (Å²) in [6.07, 6.45) is 3.74. The van der Waals surface area contributed by atoms with E-state index in [9.17, 15) is 9.50 Å². The number of hydrogen-bond donors (Lipinski definition) is 1. The Morgan fingerprint density at radius 2 is 2.00 bits per heavy atom. The molecule has 2 atom stereocenters. The predicted molar refractivity (Wildman–Crippen MR) is 68.6 cm³/mol. The van der Waals surface area contributed by atoms with E-state index in [1.807, 2.05) is 17.8 Å². The van der Waals surface area contributed by atoms with Gasteiger partial charge < -0.3 is 5.11 Å². The molecule has 2 nitrogen and oxygen atoms in total. The molecular weight excluding hydrogens is 249 g/mol. The van der Waals surface area contributed by atoms with Crippen molar-refractivity contribution in [3.63, 3.8) is 0 Å². The number of rotatable bonds is 1. The van der Waals surface area contributed by atoms with Gasteiger partial charge >= 0.3 is 0 Å². The molecule has 2 bridgehead atoms. The van der Waals surface area contributed by atoms with Crippen molar-refractivity contribution in [2.75, 3.05) is 0 Å². The van der Waals surface area contributed by atoms with Gasteiger partial charge in [0.25, 0.3) is 0 Å². The monoisotopic (exact) mass is 263 g/mol. The highest BCUT2D eigenvalue weighted by Gasteiger charge is 2.44. The lowest BCUT2D eigenvalue weighted by atomic mass is 9.85. The number of nitriles is 1. The summed E-state index contributed by atoms with van der Waals surface area (Å²) in [4.78, 5) is 0. The SMILES string of the molecule is N#Cc1cc(C2(O)CC3CCC(C2)S3)ccc1F. The van der Waals surface area contributed by atoms with Crippen molar-refractivity contribution in [1.29, 1.82) is 5.26 Å². The molecule has 2 heterocycles. The average molecular weight is 263 g/mol. The van der Waals surface area contributed by atoms with Crippen molar-refractivity contribution in [2.24, 2.45) is 0 Å². The molecule has 3 rings (SSSR count). The average Bonchev–Trinajstić information content (AvgIpc) is 2.69. The molecule has 2 unspecified atom stereocenters. The minimum absolute atomic E-state index is 0.0199. The lowest BCUT2D eigenvalue weighted by Gasteiger charge is -2.36. The summed E-state index contributed by atoms with van der Waals surface area (Å²) < 4.78 is 13.3. The summed E-state index contributed by atoms with van der Waals surface area (Å²) in [5.74, 6) is -0.516. The van der Waals surface area contributed by atoms with Crippen LogP contribution in [-0.4, -0.2) is 15.6 Å². The van der Waals surface area contributed by atoms with Crippen molar-refractivity contribution >= 4 is 11.8 Å². The third-order valence-electron chi connectivity index (χ3n) is 3.95. The topological polar surface area (TPSA) is 44.0 Å². The minimum Gasteiger partial charge on any atom is -0.385 e. The first-order valence-electron chi connectivity index (χ1n) is 6.19. The van der Waals surface area contributed by atoms with Gasteiger partial charge in [-0.3, -0.25) is 0 Å². The van der Waals surface area contributed by atoms with Gasteiger partial charge in [-0.15, -0.1) is 0 Å². The summed E-state index contributed by atoms with van der Waals surface area (Å²) in [5.41, 5.74) is -0.166. The van der Waals surface area contributed by atoms with Crippen LogP contribution in [0.5, 0.6) is 0 Å². The summed E-state index contributed by atoms with van der Waals surface area (Å²) in [7, 11) is 0. The fraction of sp³-hybridized carbons (Fsp3) is 0.500. The summed E-state index contributed by atoms with van der Waals surface area (Å²) in [6.45, 7) is 0. The molecule has 2 aliphatic heterocycles. The fourth-order valence-corrected chi connectivity index (χ4v) is 4.89. The molecule has 4 heteroatoms. The fourth-order valence-electron chi connectivity index (χ4n) is 3.05. The summed E-state index contributed by atoms with van der Waals surface area (Å²) in [6, 6.07) is 6.25. The highest BCUT2D eigenvalue weighted by molar-refractivity contribution is 8.00. The van der Waals surface area contributed by atoms with Crippen LogP contribution in [0.3, 0.4) is 0 Å². The number of fused-ring (bicyclic) bond motifs is 2. The zero-order chi connectivity index (χ0) is 12.8. The van der Waals surface area contributed by atoms with Gasteiger partial charge in [0.1, 0.15) is 11.9 Å². The van der Waals surface area contributed by atoms with Crippen molar-refractivity contribution in [1.82, 2.24) is 0 Å². The van der Waals surface area contributed by atoms with Crippen LogP contribution in [0.15, 0.2) is 18.2 Å². The largest absolute Gasteiger partial charge is 0.385 e. The predicted octanol–water partition coefficient (Wildman–Crippen LogP) is 2.94. The second-order valence-corrected chi connectivity index (χ2v) is 6.81. The smallest absolute Gasteiger partial charge is 0.140 e. The van der Waals surface area contributed by atoms with E-state index in [0.29, 0.717) is 28.9 Å². The van der Waals surface area contributed by atoms with E-state index in [1.54, 1.807) is 6.07 Å². The first-order valence-corrected chi connectivity index (χ1v) is 7.13. The van der Waals surface area contributed by atoms with Crippen molar-refractivity contribution in [3.8, 4) is 6.07 Å². The number of benzene rings is 1. The molecule has 18 heavy (non-hydrogen) atoms. The molecule has 1 aromatic rings. The first-order chi connectivity index (χ1) is 8.60. The Bertz CT molecular complexity index is 513. The normalized spacial score (nSPS) is 34.3. The van der Waals surface area contributed by atoms with Gasteiger partial charge in [-0.1, -0.05) is 6.07 Å². The standard InChI is InChI=1S/C14H14FNOS/c15-13-4-1-10(5-9(13)8-16)14(17)6-11-2-3-12(7-14)18-11/h1,4-5,11-12,17H,2-3,6-7H2. The van der Waals surface area contributed by atoms with E-state index in [4.69, 9.17) is 5.26 Å². The van der Waals surface area contributed by atoms with Crippen LogP contribution >= 0.6 is 11.8 Å². The maximum atomic E-state index is 13.3. The molecule has 2 fully saturated rings. The number of thioether (sulfide) groups is 1. The number of aliphatic hydroxyl groups is 1. The van der Waals surface area contributed by atoms with Gasteiger partial charge in [0.15, 0.2) is 0 Å². The molecule has 0 amide bonds.